The predicted molar refractivity (Wildman–Crippen MR) is 84.4 cm³/mol. The lowest BCUT2D eigenvalue weighted by Crippen LogP contribution is -2.36. The first-order valence-corrected chi connectivity index (χ1v) is 7.43. The van der Waals surface area contributed by atoms with Crippen molar-refractivity contribution in [1.82, 2.24) is 5.32 Å². The van der Waals surface area contributed by atoms with Gasteiger partial charge in [0, 0.05) is 16.1 Å². The van der Waals surface area contributed by atoms with E-state index in [1.807, 2.05) is 0 Å². The smallest absolute Gasteiger partial charge is 0.319 e. The van der Waals surface area contributed by atoms with Gasteiger partial charge in [0.25, 0.3) is 0 Å². The summed E-state index contributed by atoms with van der Waals surface area (Å²) in [5.74, 6) is 0. The topological polar surface area (TPSA) is 67.1 Å². The van der Waals surface area contributed by atoms with Crippen LogP contribution in [0.4, 0.5) is 10.5 Å². The Balaban J connectivity index is 1.98. The molecular weight excluding hydrogens is 326 g/mol. The van der Waals surface area contributed by atoms with Crippen LogP contribution in [-0.2, 0) is 0 Å². The van der Waals surface area contributed by atoms with Gasteiger partial charge < -0.3 is 16.4 Å². The van der Waals surface area contributed by atoms with E-state index < -0.39 is 0 Å². The Morgan fingerprint density at radius 1 is 1.37 bits per heavy atom. The van der Waals surface area contributed by atoms with Crippen molar-refractivity contribution in [2.45, 2.75) is 31.7 Å². The highest BCUT2D eigenvalue weighted by atomic mass is 79.9. The van der Waals surface area contributed by atoms with Gasteiger partial charge in [0.15, 0.2) is 0 Å². The van der Waals surface area contributed by atoms with Gasteiger partial charge in [-0.2, -0.15) is 0 Å². The molecule has 6 heteroatoms. The van der Waals surface area contributed by atoms with Crippen molar-refractivity contribution in [1.29, 1.82) is 0 Å². The third-order valence-electron chi connectivity index (χ3n) is 3.19. The minimum atomic E-state index is -0.171. The van der Waals surface area contributed by atoms with Crippen LogP contribution < -0.4 is 16.4 Å². The Morgan fingerprint density at radius 2 is 2.05 bits per heavy atom. The van der Waals surface area contributed by atoms with Gasteiger partial charge in [0.1, 0.15) is 4.99 Å². The molecule has 4 nitrogen and oxygen atoms in total. The number of thiocarbonyl (C=S) groups is 1. The van der Waals surface area contributed by atoms with E-state index in [0.29, 0.717) is 16.7 Å². The average Bonchev–Trinajstić information content (AvgIpc) is 2.84. The van der Waals surface area contributed by atoms with Gasteiger partial charge in [0.05, 0.1) is 5.69 Å². The van der Waals surface area contributed by atoms with Crippen molar-refractivity contribution in [2.24, 2.45) is 5.73 Å². The monoisotopic (exact) mass is 341 g/mol. The van der Waals surface area contributed by atoms with Gasteiger partial charge in [0.2, 0.25) is 0 Å². The summed E-state index contributed by atoms with van der Waals surface area (Å²) in [4.78, 5) is 12.2. The number of hydrogen-bond donors (Lipinski definition) is 3. The van der Waals surface area contributed by atoms with E-state index in [0.717, 1.165) is 22.9 Å². The van der Waals surface area contributed by atoms with Crippen LogP contribution in [0.2, 0.25) is 0 Å². The van der Waals surface area contributed by atoms with E-state index in [-0.39, 0.29) is 6.03 Å². The number of urea groups is 1. The van der Waals surface area contributed by atoms with Crippen LogP contribution in [0.1, 0.15) is 31.2 Å². The molecule has 0 aliphatic heterocycles. The summed E-state index contributed by atoms with van der Waals surface area (Å²) >= 11 is 8.30. The second-order valence-corrected chi connectivity index (χ2v) is 5.93. The van der Waals surface area contributed by atoms with Gasteiger partial charge in [-0.3, -0.25) is 0 Å². The number of anilines is 1. The molecule has 0 radical (unpaired) electrons. The lowest BCUT2D eigenvalue weighted by Gasteiger charge is -2.14. The molecule has 1 aromatic carbocycles. The summed E-state index contributed by atoms with van der Waals surface area (Å²) in [6.07, 6.45) is 4.51. The molecule has 19 heavy (non-hydrogen) atoms. The zero-order valence-corrected chi connectivity index (χ0v) is 12.8. The average molecular weight is 342 g/mol. The normalized spacial score (nSPS) is 15.2. The fourth-order valence-electron chi connectivity index (χ4n) is 2.18. The van der Waals surface area contributed by atoms with Crippen LogP contribution in [0.3, 0.4) is 0 Å². The van der Waals surface area contributed by atoms with Gasteiger partial charge in [-0.15, -0.1) is 0 Å². The Labute approximate surface area is 126 Å². The van der Waals surface area contributed by atoms with Crippen molar-refractivity contribution in [3.05, 3.63) is 28.2 Å². The van der Waals surface area contributed by atoms with Crippen molar-refractivity contribution in [3.8, 4) is 0 Å². The molecule has 0 atom stereocenters. The fraction of sp³-hybridized carbons (Fsp3) is 0.385. The Kier molecular flexibility index (Phi) is 4.76. The molecule has 0 saturated heterocycles. The zero-order chi connectivity index (χ0) is 13.8. The van der Waals surface area contributed by atoms with Gasteiger partial charge >= 0.3 is 6.03 Å². The Bertz CT molecular complexity index is 501. The predicted octanol–water partition coefficient (Wildman–Crippen LogP) is 3.15. The van der Waals surface area contributed by atoms with E-state index in [4.69, 9.17) is 18.0 Å². The summed E-state index contributed by atoms with van der Waals surface area (Å²) in [5.41, 5.74) is 7.03. The molecule has 1 aliphatic carbocycles. The lowest BCUT2D eigenvalue weighted by molar-refractivity contribution is 0.248. The van der Waals surface area contributed by atoms with E-state index in [1.54, 1.807) is 18.2 Å². The fourth-order valence-corrected chi connectivity index (χ4v) is 2.79. The van der Waals surface area contributed by atoms with Gasteiger partial charge in [-0.1, -0.05) is 25.1 Å². The van der Waals surface area contributed by atoms with Crippen LogP contribution in [0.15, 0.2) is 22.7 Å². The summed E-state index contributed by atoms with van der Waals surface area (Å²) in [7, 11) is 0. The van der Waals surface area contributed by atoms with Crippen molar-refractivity contribution in [2.75, 3.05) is 5.32 Å². The highest BCUT2D eigenvalue weighted by Crippen LogP contribution is 2.24. The number of carbonyl (C=O) groups is 1. The molecular formula is C13H16BrN3OS. The third-order valence-corrected chi connectivity index (χ3v) is 4.08. The summed E-state index contributed by atoms with van der Waals surface area (Å²) in [6, 6.07) is 5.50. The number of nitrogens with two attached hydrogens (primary N) is 1. The third kappa shape index (κ3) is 3.91. The summed E-state index contributed by atoms with van der Waals surface area (Å²) in [5, 5.41) is 5.79. The lowest BCUT2D eigenvalue weighted by atomic mass is 10.2. The minimum absolute atomic E-state index is 0.171. The van der Waals surface area contributed by atoms with Crippen LogP contribution in [0.5, 0.6) is 0 Å². The maximum absolute atomic E-state index is 11.8. The first-order valence-electron chi connectivity index (χ1n) is 6.23. The molecule has 0 heterocycles. The number of benzene rings is 1. The molecule has 2 amide bonds. The number of nitrogens with one attached hydrogen (secondary N) is 2. The first kappa shape index (κ1) is 14.3. The number of hydrogen-bond acceptors (Lipinski definition) is 2. The van der Waals surface area contributed by atoms with Crippen molar-refractivity contribution >= 4 is 44.9 Å². The highest BCUT2D eigenvalue weighted by Gasteiger charge is 2.17. The van der Waals surface area contributed by atoms with E-state index in [2.05, 4.69) is 26.6 Å². The molecule has 1 fully saturated rings. The molecule has 0 unspecified atom stereocenters. The van der Waals surface area contributed by atoms with E-state index in [1.165, 1.54) is 12.8 Å². The first-order chi connectivity index (χ1) is 9.06. The highest BCUT2D eigenvalue weighted by molar-refractivity contribution is 9.10. The Hall–Kier alpha value is -1.14. The molecule has 0 bridgehead atoms. The maximum atomic E-state index is 11.8. The van der Waals surface area contributed by atoms with Gasteiger partial charge in [-0.05, 0) is 47.0 Å². The van der Waals surface area contributed by atoms with E-state index >= 15 is 0 Å². The molecule has 4 N–H and O–H groups in total. The number of halogens is 1. The molecule has 0 spiro atoms. The van der Waals surface area contributed by atoms with Crippen molar-refractivity contribution < 1.29 is 4.79 Å². The maximum Gasteiger partial charge on any atom is 0.319 e. The van der Waals surface area contributed by atoms with Crippen LogP contribution in [-0.4, -0.2) is 17.1 Å². The summed E-state index contributed by atoms with van der Waals surface area (Å²) < 4.78 is 0.763. The van der Waals surface area contributed by atoms with Gasteiger partial charge in [-0.25, -0.2) is 4.79 Å². The standard InChI is InChI=1S/C13H16BrN3OS/c14-10-7-8(12(15)19)5-6-11(10)17-13(18)16-9-3-1-2-4-9/h5-7,9H,1-4H2,(H2,15,19)(H2,16,17,18). The molecule has 2 rings (SSSR count). The van der Waals surface area contributed by atoms with Crippen molar-refractivity contribution in [3.63, 3.8) is 0 Å². The van der Waals surface area contributed by atoms with Crippen LogP contribution in [0, 0.1) is 0 Å². The molecule has 1 aliphatic rings. The quantitative estimate of drug-likeness (QED) is 0.740. The van der Waals surface area contributed by atoms with Crippen LogP contribution >= 0.6 is 28.1 Å². The number of rotatable bonds is 3. The second-order valence-electron chi connectivity index (χ2n) is 4.64. The SMILES string of the molecule is NC(=S)c1ccc(NC(=O)NC2CCCC2)c(Br)c1. The number of amides is 2. The van der Waals surface area contributed by atoms with Crippen LogP contribution in [0.25, 0.3) is 0 Å². The largest absolute Gasteiger partial charge is 0.389 e. The number of carbonyl (C=O) groups excluding carboxylic acids is 1. The molecule has 1 aromatic rings. The molecule has 1 saturated carbocycles. The molecule has 102 valence electrons. The zero-order valence-electron chi connectivity index (χ0n) is 10.4. The Morgan fingerprint density at radius 3 is 2.63 bits per heavy atom. The second kappa shape index (κ2) is 6.34. The molecule has 0 aromatic heterocycles. The summed E-state index contributed by atoms with van der Waals surface area (Å²) in [6.45, 7) is 0. The van der Waals surface area contributed by atoms with E-state index in [9.17, 15) is 4.79 Å². The minimum Gasteiger partial charge on any atom is -0.389 e.